The van der Waals surface area contributed by atoms with Gasteiger partial charge in [0.25, 0.3) is 0 Å². The SMILES string of the molecule is CC1CCc2c(N)c(N3CC[N+](C)(C)CC3)nn2C1C. The van der Waals surface area contributed by atoms with Crippen LogP contribution in [0.3, 0.4) is 0 Å². The summed E-state index contributed by atoms with van der Waals surface area (Å²) in [5.74, 6) is 1.72. The molecule has 0 saturated carbocycles. The molecule has 2 N–H and O–H groups in total. The van der Waals surface area contributed by atoms with Crippen LogP contribution in [0.5, 0.6) is 0 Å². The molecule has 1 aromatic heterocycles. The number of nitrogens with zero attached hydrogens (tertiary/aromatic N) is 4. The van der Waals surface area contributed by atoms with Gasteiger partial charge >= 0.3 is 0 Å². The summed E-state index contributed by atoms with van der Waals surface area (Å²) in [5, 5.41) is 4.86. The van der Waals surface area contributed by atoms with Crippen LogP contribution >= 0.6 is 0 Å². The van der Waals surface area contributed by atoms with Gasteiger partial charge < -0.3 is 15.1 Å². The Kier molecular flexibility index (Phi) is 3.20. The smallest absolute Gasteiger partial charge is 0.174 e. The lowest BCUT2D eigenvalue weighted by molar-refractivity contribution is -0.890. The number of anilines is 2. The van der Waals surface area contributed by atoms with Gasteiger partial charge in [-0.1, -0.05) is 6.92 Å². The van der Waals surface area contributed by atoms with E-state index in [4.69, 9.17) is 10.8 Å². The van der Waals surface area contributed by atoms with Gasteiger partial charge in [-0.2, -0.15) is 5.10 Å². The first kappa shape index (κ1) is 13.7. The Hall–Kier alpha value is -1.23. The zero-order chi connectivity index (χ0) is 14.5. The van der Waals surface area contributed by atoms with Crippen LogP contribution in [0.4, 0.5) is 11.5 Å². The molecule has 3 heterocycles. The van der Waals surface area contributed by atoms with E-state index in [1.807, 2.05) is 0 Å². The van der Waals surface area contributed by atoms with Crippen molar-refractivity contribution in [3.8, 4) is 0 Å². The van der Waals surface area contributed by atoms with E-state index >= 15 is 0 Å². The van der Waals surface area contributed by atoms with Crippen LogP contribution in [0.25, 0.3) is 0 Å². The van der Waals surface area contributed by atoms with E-state index in [0.717, 1.165) is 48.6 Å². The Labute approximate surface area is 121 Å². The maximum Gasteiger partial charge on any atom is 0.174 e. The number of likely N-dealkylation sites (N-methyl/N-ethyl adjacent to an activating group) is 1. The average Bonchev–Trinajstić information content (AvgIpc) is 2.72. The number of nitrogen functional groups attached to an aromatic ring is 1. The maximum atomic E-state index is 6.40. The molecule has 5 nitrogen and oxygen atoms in total. The third kappa shape index (κ3) is 2.18. The molecule has 0 amide bonds. The third-order valence-electron chi connectivity index (χ3n) is 5.33. The number of nitrogens with two attached hydrogens (primary N) is 1. The van der Waals surface area contributed by atoms with E-state index in [0.29, 0.717) is 12.0 Å². The molecular weight excluding hydrogens is 250 g/mol. The van der Waals surface area contributed by atoms with Crippen LogP contribution < -0.4 is 10.6 Å². The summed E-state index contributed by atoms with van der Waals surface area (Å²) in [6.07, 6.45) is 2.29. The summed E-state index contributed by atoms with van der Waals surface area (Å²) in [7, 11) is 4.59. The van der Waals surface area contributed by atoms with E-state index in [1.165, 1.54) is 12.1 Å². The molecule has 1 aromatic rings. The maximum absolute atomic E-state index is 6.40. The van der Waals surface area contributed by atoms with Crippen LogP contribution in [-0.4, -0.2) is 54.5 Å². The number of hydrogen-bond donors (Lipinski definition) is 1. The van der Waals surface area contributed by atoms with Gasteiger partial charge in [0.1, 0.15) is 0 Å². The minimum absolute atomic E-state index is 0.465. The van der Waals surface area contributed by atoms with Crippen molar-refractivity contribution in [2.24, 2.45) is 5.92 Å². The summed E-state index contributed by atoms with van der Waals surface area (Å²) in [4.78, 5) is 2.38. The predicted octanol–water partition coefficient (Wildman–Crippen LogP) is 1.50. The summed E-state index contributed by atoms with van der Waals surface area (Å²) in [5.41, 5.74) is 8.58. The van der Waals surface area contributed by atoms with Crippen molar-refractivity contribution in [3.63, 3.8) is 0 Å². The highest BCUT2D eigenvalue weighted by Crippen LogP contribution is 2.37. The zero-order valence-electron chi connectivity index (χ0n) is 13.3. The molecule has 112 valence electrons. The molecule has 2 unspecified atom stereocenters. The molecule has 2 atom stereocenters. The molecule has 1 saturated heterocycles. The second kappa shape index (κ2) is 4.65. The molecule has 1 fully saturated rings. The van der Waals surface area contributed by atoms with Gasteiger partial charge in [0, 0.05) is 0 Å². The molecule has 0 bridgehead atoms. The lowest BCUT2D eigenvalue weighted by Gasteiger charge is -2.39. The fourth-order valence-corrected chi connectivity index (χ4v) is 3.35. The fraction of sp³-hybridized carbons (Fsp3) is 0.800. The molecule has 2 aliphatic heterocycles. The minimum atomic E-state index is 0.465. The topological polar surface area (TPSA) is 47.1 Å². The van der Waals surface area contributed by atoms with E-state index in [9.17, 15) is 0 Å². The molecule has 2 aliphatic rings. The van der Waals surface area contributed by atoms with Crippen molar-refractivity contribution in [3.05, 3.63) is 5.69 Å². The molecule has 0 aliphatic carbocycles. The fourth-order valence-electron chi connectivity index (χ4n) is 3.35. The van der Waals surface area contributed by atoms with Crippen molar-refractivity contribution in [1.82, 2.24) is 9.78 Å². The van der Waals surface area contributed by atoms with Crippen molar-refractivity contribution in [2.75, 3.05) is 50.9 Å². The van der Waals surface area contributed by atoms with Gasteiger partial charge in [0.05, 0.1) is 57.7 Å². The first-order chi connectivity index (χ1) is 9.39. The minimum Gasteiger partial charge on any atom is -0.394 e. The van der Waals surface area contributed by atoms with E-state index < -0.39 is 0 Å². The van der Waals surface area contributed by atoms with Crippen LogP contribution in [0.15, 0.2) is 0 Å². The van der Waals surface area contributed by atoms with Gasteiger partial charge in [-0.25, -0.2) is 0 Å². The Balaban J connectivity index is 1.87. The van der Waals surface area contributed by atoms with Gasteiger partial charge in [-0.3, -0.25) is 4.68 Å². The molecule has 0 radical (unpaired) electrons. The number of rotatable bonds is 1. The van der Waals surface area contributed by atoms with Crippen molar-refractivity contribution >= 4 is 11.5 Å². The second-order valence-corrected chi connectivity index (χ2v) is 7.26. The standard InChI is InChI=1S/C15H28N5/c1-11-5-6-13-14(16)15(17-19(13)12(11)2)18-7-9-20(3,4)10-8-18/h11-12H,5-10,16H2,1-4H3/q+1. The quantitative estimate of drug-likeness (QED) is 0.792. The predicted molar refractivity (Wildman–Crippen MR) is 82.9 cm³/mol. The Bertz CT molecular complexity index is 495. The number of quaternary nitrogens is 1. The largest absolute Gasteiger partial charge is 0.394 e. The van der Waals surface area contributed by atoms with E-state index in [-0.39, 0.29) is 0 Å². The molecule has 0 aromatic carbocycles. The summed E-state index contributed by atoms with van der Waals surface area (Å²) in [6, 6.07) is 0.465. The highest BCUT2D eigenvalue weighted by molar-refractivity contribution is 5.66. The molecule has 5 heteroatoms. The average molecular weight is 278 g/mol. The Morgan fingerprint density at radius 3 is 2.50 bits per heavy atom. The highest BCUT2D eigenvalue weighted by Gasteiger charge is 2.32. The Morgan fingerprint density at radius 2 is 1.85 bits per heavy atom. The van der Waals surface area contributed by atoms with Gasteiger partial charge in [-0.05, 0) is 25.7 Å². The number of hydrogen-bond acceptors (Lipinski definition) is 3. The monoisotopic (exact) mass is 278 g/mol. The van der Waals surface area contributed by atoms with Gasteiger partial charge in [-0.15, -0.1) is 0 Å². The lowest BCUT2D eigenvalue weighted by atomic mass is 9.93. The van der Waals surface area contributed by atoms with Crippen LogP contribution in [0.1, 0.15) is 32.0 Å². The second-order valence-electron chi connectivity index (χ2n) is 7.26. The molecular formula is C15H28N5+. The van der Waals surface area contributed by atoms with Gasteiger partial charge in [0.2, 0.25) is 0 Å². The number of fused-ring (bicyclic) bond motifs is 1. The normalized spacial score (nSPS) is 29.3. The summed E-state index contributed by atoms with van der Waals surface area (Å²) in [6.45, 7) is 9.00. The third-order valence-corrected chi connectivity index (χ3v) is 5.33. The van der Waals surface area contributed by atoms with Crippen molar-refractivity contribution < 1.29 is 4.48 Å². The van der Waals surface area contributed by atoms with E-state index in [1.54, 1.807) is 0 Å². The van der Waals surface area contributed by atoms with Crippen LogP contribution in [-0.2, 0) is 6.42 Å². The first-order valence-corrected chi connectivity index (χ1v) is 7.83. The molecule has 20 heavy (non-hydrogen) atoms. The van der Waals surface area contributed by atoms with Crippen LogP contribution in [0.2, 0.25) is 0 Å². The van der Waals surface area contributed by atoms with E-state index in [2.05, 4.69) is 37.5 Å². The van der Waals surface area contributed by atoms with Crippen molar-refractivity contribution in [1.29, 1.82) is 0 Å². The first-order valence-electron chi connectivity index (χ1n) is 7.83. The van der Waals surface area contributed by atoms with Gasteiger partial charge in [0.15, 0.2) is 5.82 Å². The number of aromatic nitrogens is 2. The lowest BCUT2D eigenvalue weighted by Crippen LogP contribution is -2.55. The highest BCUT2D eigenvalue weighted by atomic mass is 15.4. The Morgan fingerprint density at radius 1 is 1.20 bits per heavy atom. The molecule has 0 spiro atoms. The van der Waals surface area contributed by atoms with Crippen molar-refractivity contribution in [2.45, 2.75) is 32.7 Å². The summed E-state index contributed by atoms with van der Waals surface area (Å²) >= 11 is 0. The summed E-state index contributed by atoms with van der Waals surface area (Å²) < 4.78 is 3.28. The van der Waals surface area contributed by atoms with Crippen LogP contribution in [0, 0.1) is 5.92 Å². The number of piperazine rings is 1. The molecule has 3 rings (SSSR count). The zero-order valence-corrected chi connectivity index (χ0v) is 13.3.